The predicted molar refractivity (Wildman–Crippen MR) is 86.8 cm³/mol. The fourth-order valence-electron chi connectivity index (χ4n) is 2.62. The van der Waals surface area contributed by atoms with Crippen molar-refractivity contribution in [3.63, 3.8) is 0 Å². The predicted octanol–water partition coefficient (Wildman–Crippen LogP) is 3.93. The molecule has 0 amide bonds. The Hall–Kier alpha value is -3.08. The van der Waals surface area contributed by atoms with E-state index in [2.05, 4.69) is 9.97 Å². The molecule has 3 aromatic heterocycles. The number of aromatic nitrogens is 4. The summed E-state index contributed by atoms with van der Waals surface area (Å²) < 4.78 is 14.9. The van der Waals surface area contributed by atoms with Crippen molar-refractivity contribution in [1.29, 1.82) is 0 Å². The van der Waals surface area contributed by atoms with E-state index in [-0.39, 0.29) is 5.82 Å². The van der Waals surface area contributed by atoms with Crippen LogP contribution in [0.15, 0.2) is 61.1 Å². The smallest absolute Gasteiger partial charge is 0.163 e. The topological polar surface area (TPSA) is 43.6 Å². The molecule has 0 unspecified atom stereocenters. The lowest BCUT2D eigenvalue weighted by Crippen LogP contribution is -1.98. The van der Waals surface area contributed by atoms with Crippen molar-refractivity contribution in [3.8, 4) is 16.9 Å². The van der Waals surface area contributed by atoms with Gasteiger partial charge in [-0.15, -0.1) is 0 Å². The molecule has 0 fully saturated rings. The van der Waals surface area contributed by atoms with Gasteiger partial charge in [-0.2, -0.15) is 5.10 Å². The molecule has 0 radical (unpaired) electrons. The van der Waals surface area contributed by atoms with E-state index >= 15 is 0 Å². The van der Waals surface area contributed by atoms with Crippen LogP contribution in [0.4, 0.5) is 4.39 Å². The number of rotatable bonds is 2. The Morgan fingerprint density at radius 2 is 1.83 bits per heavy atom. The van der Waals surface area contributed by atoms with E-state index in [1.165, 1.54) is 12.1 Å². The molecule has 5 heteroatoms. The maximum Gasteiger partial charge on any atom is 0.163 e. The van der Waals surface area contributed by atoms with Crippen molar-refractivity contribution in [2.75, 3.05) is 0 Å². The van der Waals surface area contributed by atoms with E-state index in [1.54, 1.807) is 35.4 Å². The van der Waals surface area contributed by atoms with Gasteiger partial charge in [0.25, 0.3) is 0 Å². The summed E-state index contributed by atoms with van der Waals surface area (Å²) in [6, 6.07) is 12.0. The molecule has 0 aliphatic carbocycles. The summed E-state index contributed by atoms with van der Waals surface area (Å²) in [6.45, 7) is 2.02. The van der Waals surface area contributed by atoms with Crippen LogP contribution in [-0.4, -0.2) is 19.7 Å². The van der Waals surface area contributed by atoms with E-state index in [9.17, 15) is 4.39 Å². The van der Waals surface area contributed by atoms with Crippen molar-refractivity contribution in [1.82, 2.24) is 19.7 Å². The van der Waals surface area contributed by atoms with Gasteiger partial charge in [-0.1, -0.05) is 0 Å². The molecule has 0 bridgehead atoms. The third kappa shape index (κ3) is 2.26. The molecule has 4 rings (SSSR count). The highest BCUT2D eigenvalue weighted by molar-refractivity contribution is 5.92. The second kappa shape index (κ2) is 5.28. The summed E-state index contributed by atoms with van der Waals surface area (Å²) in [5.41, 5.74) is 4.38. The van der Waals surface area contributed by atoms with Gasteiger partial charge in [0, 0.05) is 29.5 Å². The first kappa shape index (κ1) is 13.6. The molecule has 0 spiro atoms. The van der Waals surface area contributed by atoms with E-state index in [1.807, 2.05) is 25.1 Å². The minimum atomic E-state index is -0.276. The first-order valence-corrected chi connectivity index (χ1v) is 7.25. The number of hydrogen-bond acceptors (Lipinski definition) is 3. The van der Waals surface area contributed by atoms with Gasteiger partial charge in [-0.25, -0.2) is 14.1 Å². The summed E-state index contributed by atoms with van der Waals surface area (Å²) in [4.78, 5) is 8.65. The highest BCUT2D eigenvalue weighted by Gasteiger charge is 2.15. The highest BCUT2D eigenvalue weighted by atomic mass is 19.1. The van der Waals surface area contributed by atoms with Crippen LogP contribution in [0.25, 0.3) is 28.0 Å². The van der Waals surface area contributed by atoms with Gasteiger partial charge >= 0.3 is 0 Å². The number of fused-ring (bicyclic) bond motifs is 1. The fourth-order valence-corrected chi connectivity index (χ4v) is 2.62. The maximum atomic E-state index is 13.2. The molecule has 4 aromatic rings. The van der Waals surface area contributed by atoms with Crippen LogP contribution in [0.5, 0.6) is 0 Å². The van der Waals surface area contributed by atoms with Crippen LogP contribution >= 0.6 is 0 Å². The Balaban J connectivity index is 2.01. The van der Waals surface area contributed by atoms with Gasteiger partial charge in [0.15, 0.2) is 5.65 Å². The quantitative estimate of drug-likeness (QED) is 0.563. The molecule has 0 saturated heterocycles. The van der Waals surface area contributed by atoms with E-state index < -0.39 is 0 Å². The van der Waals surface area contributed by atoms with Crippen molar-refractivity contribution in [2.24, 2.45) is 0 Å². The molecule has 0 atom stereocenters. The van der Waals surface area contributed by atoms with Gasteiger partial charge < -0.3 is 0 Å². The standard InChI is InChI=1S/C18H13FN4/c1-12-8-10-20-11-16(12)17-15-3-2-9-21-18(15)23(22-17)14-6-4-13(19)5-7-14/h2-11H,1H3. The number of halogens is 1. The third-order valence-corrected chi connectivity index (χ3v) is 3.81. The van der Waals surface area contributed by atoms with E-state index in [4.69, 9.17) is 5.10 Å². The molecule has 0 saturated carbocycles. The van der Waals surface area contributed by atoms with Crippen LogP contribution in [0, 0.1) is 12.7 Å². The summed E-state index contributed by atoms with van der Waals surface area (Å²) in [7, 11) is 0. The highest BCUT2D eigenvalue weighted by Crippen LogP contribution is 2.30. The van der Waals surface area contributed by atoms with Gasteiger partial charge in [0.05, 0.1) is 5.69 Å². The van der Waals surface area contributed by atoms with Crippen LogP contribution < -0.4 is 0 Å². The van der Waals surface area contributed by atoms with Gasteiger partial charge in [0.1, 0.15) is 11.5 Å². The number of benzene rings is 1. The zero-order valence-corrected chi connectivity index (χ0v) is 12.4. The monoisotopic (exact) mass is 304 g/mol. The van der Waals surface area contributed by atoms with Crippen LogP contribution in [0.3, 0.4) is 0 Å². The average molecular weight is 304 g/mol. The zero-order chi connectivity index (χ0) is 15.8. The third-order valence-electron chi connectivity index (χ3n) is 3.81. The Morgan fingerprint density at radius 1 is 1.00 bits per heavy atom. The van der Waals surface area contributed by atoms with Crippen LogP contribution in [-0.2, 0) is 0 Å². The van der Waals surface area contributed by atoms with Crippen molar-refractivity contribution in [3.05, 3.63) is 72.4 Å². The zero-order valence-electron chi connectivity index (χ0n) is 12.4. The van der Waals surface area contributed by atoms with Crippen molar-refractivity contribution < 1.29 is 4.39 Å². The second-order valence-electron chi connectivity index (χ2n) is 5.30. The average Bonchev–Trinajstić information content (AvgIpc) is 2.96. The SMILES string of the molecule is Cc1ccncc1-c1nn(-c2ccc(F)cc2)c2ncccc12. The molecule has 0 N–H and O–H groups in total. The molecular formula is C18H13FN4. The Labute approximate surface area is 132 Å². The maximum absolute atomic E-state index is 13.2. The van der Waals surface area contributed by atoms with Crippen LogP contribution in [0.1, 0.15) is 5.56 Å². The normalized spacial score (nSPS) is 11.0. The number of hydrogen-bond donors (Lipinski definition) is 0. The molecule has 3 heterocycles. The molecule has 0 aliphatic rings. The van der Waals surface area contributed by atoms with Gasteiger partial charge in [-0.3, -0.25) is 4.98 Å². The van der Waals surface area contributed by atoms with E-state index in [0.29, 0.717) is 0 Å². The molecule has 0 aliphatic heterocycles. The number of pyridine rings is 2. The first-order chi connectivity index (χ1) is 11.2. The van der Waals surface area contributed by atoms with Gasteiger partial charge in [-0.05, 0) is 55.0 Å². The Morgan fingerprint density at radius 3 is 2.61 bits per heavy atom. The minimum absolute atomic E-state index is 0.276. The molecule has 112 valence electrons. The van der Waals surface area contributed by atoms with Crippen molar-refractivity contribution >= 4 is 11.0 Å². The lowest BCUT2D eigenvalue weighted by atomic mass is 10.1. The summed E-state index contributed by atoms with van der Waals surface area (Å²) in [5, 5.41) is 5.65. The number of nitrogens with zero attached hydrogens (tertiary/aromatic N) is 4. The largest absolute Gasteiger partial charge is 0.264 e. The van der Waals surface area contributed by atoms with E-state index in [0.717, 1.165) is 33.5 Å². The minimum Gasteiger partial charge on any atom is -0.264 e. The van der Waals surface area contributed by atoms with Crippen molar-refractivity contribution in [2.45, 2.75) is 6.92 Å². The number of aryl methyl sites for hydroxylation is 1. The summed E-state index contributed by atoms with van der Waals surface area (Å²) in [5.74, 6) is -0.276. The first-order valence-electron chi connectivity index (χ1n) is 7.25. The van der Waals surface area contributed by atoms with Gasteiger partial charge in [0.2, 0.25) is 0 Å². The lowest BCUT2D eigenvalue weighted by Gasteiger charge is -2.02. The summed E-state index contributed by atoms with van der Waals surface area (Å²) in [6.07, 6.45) is 5.29. The Kier molecular flexibility index (Phi) is 3.12. The summed E-state index contributed by atoms with van der Waals surface area (Å²) >= 11 is 0. The van der Waals surface area contributed by atoms with Crippen LogP contribution in [0.2, 0.25) is 0 Å². The lowest BCUT2D eigenvalue weighted by molar-refractivity contribution is 0.627. The molecule has 4 nitrogen and oxygen atoms in total. The molecule has 23 heavy (non-hydrogen) atoms. The molecular weight excluding hydrogens is 291 g/mol. The fraction of sp³-hybridized carbons (Fsp3) is 0.0556. The molecule has 1 aromatic carbocycles. The second-order valence-corrected chi connectivity index (χ2v) is 5.30. The Bertz CT molecular complexity index is 990.